The highest BCUT2D eigenvalue weighted by atomic mass is 32.2. The van der Waals surface area contributed by atoms with Crippen molar-refractivity contribution in [2.45, 2.75) is 32.2 Å². The maximum atomic E-state index is 12.3. The second-order valence-corrected chi connectivity index (χ2v) is 8.78. The molecule has 1 saturated heterocycles. The van der Waals surface area contributed by atoms with Gasteiger partial charge in [0.05, 0.1) is 0 Å². The molecule has 2 atom stereocenters. The van der Waals surface area contributed by atoms with E-state index in [2.05, 4.69) is 5.32 Å². The van der Waals surface area contributed by atoms with Crippen molar-refractivity contribution in [3.8, 4) is 0 Å². The monoisotopic (exact) mass is 338 g/mol. The Bertz CT molecular complexity index is 492. The number of carbonyl (C=O) groups excluding carboxylic acids is 1. The summed E-state index contributed by atoms with van der Waals surface area (Å²) in [5.74, 6) is -0.494. The SMILES string of the molecule is CCS(=O)(=O)C1CSCCN1C(=O)N[C@@H](C(=O)O)C(C)C. The number of sulfone groups is 1. The molecule has 7 nitrogen and oxygen atoms in total. The van der Waals surface area contributed by atoms with Crippen molar-refractivity contribution in [2.75, 3.05) is 23.8 Å². The number of rotatable bonds is 5. The Morgan fingerprint density at radius 1 is 1.43 bits per heavy atom. The number of nitrogens with zero attached hydrogens (tertiary/aromatic N) is 1. The van der Waals surface area contributed by atoms with Crippen molar-refractivity contribution in [1.29, 1.82) is 0 Å². The highest BCUT2D eigenvalue weighted by Gasteiger charge is 2.37. The van der Waals surface area contributed by atoms with Crippen LogP contribution in [0.25, 0.3) is 0 Å². The minimum absolute atomic E-state index is 0.0471. The minimum Gasteiger partial charge on any atom is -0.480 e. The van der Waals surface area contributed by atoms with E-state index in [0.29, 0.717) is 18.1 Å². The normalized spacial score (nSPS) is 21.1. The van der Waals surface area contributed by atoms with Crippen LogP contribution in [0.5, 0.6) is 0 Å². The smallest absolute Gasteiger partial charge is 0.326 e. The number of aliphatic carboxylic acids is 1. The minimum atomic E-state index is -3.39. The Hall–Kier alpha value is -0.960. The van der Waals surface area contributed by atoms with E-state index in [1.807, 2.05) is 0 Å². The first kappa shape index (κ1) is 18.1. The fraction of sp³-hybridized carbons (Fsp3) is 0.833. The van der Waals surface area contributed by atoms with Crippen LogP contribution < -0.4 is 5.32 Å². The number of amides is 2. The van der Waals surface area contributed by atoms with Gasteiger partial charge in [0.2, 0.25) is 0 Å². The second kappa shape index (κ2) is 7.35. The third-order valence-electron chi connectivity index (χ3n) is 3.37. The molecule has 0 saturated carbocycles. The summed E-state index contributed by atoms with van der Waals surface area (Å²) in [4.78, 5) is 24.7. The third kappa shape index (κ3) is 4.50. The van der Waals surface area contributed by atoms with E-state index in [-0.39, 0.29) is 11.7 Å². The van der Waals surface area contributed by atoms with Crippen LogP contribution in [-0.2, 0) is 14.6 Å². The van der Waals surface area contributed by atoms with Crippen molar-refractivity contribution in [3.63, 3.8) is 0 Å². The lowest BCUT2D eigenvalue weighted by Crippen LogP contribution is -2.57. The maximum absolute atomic E-state index is 12.3. The lowest BCUT2D eigenvalue weighted by Gasteiger charge is -2.35. The summed E-state index contributed by atoms with van der Waals surface area (Å²) in [6.45, 7) is 5.21. The number of hydrogen-bond donors (Lipinski definition) is 2. The Balaban J connectivity index is 2.90. The molecule has 122 valence electrons. The molecule has 0 bridgehead atoms. The van der Waals surface area contributed by atoms with E-state index in [4.69, 9.17) is 5.11 Å². The molecule has 1 heterocycles. The lowest BCUT2D eigenvalue weighted by atomic mass is 10.1. The van der Waals surface area contributed by atoms with E-state index < -0.39 is 33.3 Å². The number of carboxylic acids is 1. The van der Waals surface area contributed by atoms with Crippen molar-refractivity contribution in [1.82, 2.24) is 10.2 Å². The predicted molar refractivity (Wildman–Crippen MR) is 82.1 cm³/mol. The molecule has 1 rings (SSSR count). The highest BCUT2D eigenvalue weighted by Crippen LogP contribution is 2.21. The number of urea groups is 1. The molecule has 0 aromatic rings. The van der Waals surface area contributed by atoms with E-state index in [0.717, 1.165) is 0 Å². The van der Waals surface area contributed by atoms with E-state index in [1.165, 1.54) is 16.7 Å². The number of nitrogens with one attached hydrogen (secondary N) is 1. The first-order chi connectivity index (χ1) is 9.70. The van der Waals surface area contributed by atoms with Gasteiger partial charge in [0, 0.05) is 23.8 Å². The number of carboxylic acid groups (broad SMARTS) is 1. The zero-order valence-corrected chi connectivity index (χ0v) is 14.0. The van der Waals surface area contributed by atoms with Crippen molar-refractivity contribution < 1.29 is 23.1 Å². The molecular weight excluding hydrogens is 316 g/mol. The maximum Gasteiger partial charge on any atom is 0.326 e. The average Bonchev–Trinajstić information content (AvgIpc) is 2.43. The number of hydrogen-bond acceptors (Lipinski definition) is 5. The highest BCUT2D eigenvalue weighted by molar-refractivity contribution is 8.01. The fourth-order valence-corrected chi connectivity index (χ4v) is 5.00. The molecule has 1 fully saturated rings. The summed E-state index contributed by atoms with van der Waals surface area (Å²) in [6, 6.07) is -1.66. The molecular formula is C12H22N2O5S2. The van der Waals surface area contributed by atoms with Gasteiger partial charge in [0.25, 0.3) is 0 Å². The largest absolute Gasteiger partial charge is 0.480 e. The van der Waals surface area contributed by atoms with Crippen molar-refractivity contribution in [2.24, 2.45) is 5.92 Å². The van der Waals surface area contributed by atoms with Gasteiger partial charge in [-0.25, -0.2) is 18.0 Å². The Labute approximate surface area is 129 Å². The van der Waals surface area contributed by atoms with E-state index >= 15 is 0 Å². The Morgan fingerprint density at radius 3 is 2.52 bits per heavy atom. The Kier molecular flexibility index (Phi) is 6.33. The van der Waals surface area contributed by atoms with Gasteiger partial charge in [-0.05, 0) is 5.92 Å². The van der Waals surface area contributed by atoms with Crippen LogP contribution in [0.15, 0.2) is 0 Å². The summed E-state index contributed by atoms with van der Waals surface area (Å²) in [5.41, 5.74) is 0. The quantitative estimate of drug-likeness (QED) is 0.761. The summed E-state index contributed by atoms with van der Waals surface area (Å²) in [7, 11) is -3.39. The van der Waals surface area contributed by atoms with Gasteiger partial charge in [-0.15, -0.1) is 0 Å². The summed E-state index contributed by atoms with van der Waals surface area (Å²) in [5, 5.41) is 10.6. The predicted octanol–water partition coefficient (Wildman–Crippen LogP) is 0.615. The first-order valence-electron chi connectivity index (χ1n) is 6.80. The van der Waals surface area contributed by atoms with Crippen LogP contribution in [0.2, 0.25) is 0 Å². The topological polar surface area (TPSA) is 104 Å². The summed E-state index contributed by atoms with van der Waals surface area (Å²) < 4.78 is 24.1. The van der Waals surface area contributed by atoms with Crippen LogP contribution in [-0.4, -0.2) is 65.6 Å². The molecule has 2 N–H and O–H groups in total. The molecule has 1 aliphatic rings. The molecule has 2 amide bonds. The molecule has 0 aliphatic carbocycles. The Morgan fingerprint density at radius 2 is 2.05 bits per heavy atom. The van der Waals surface area contributed by atoms with Gasteiger partial charge < -0.3 is 15.3 Å². The number of thioether (sulfide) groups is 1. The molecule has 21 heavy (non-hydrogen) atoms. The van der Waals surface area contributed by atoms with Crippen LogP contribution in [0, 0.1) is 5.92 Å². The third-order valence-corrected chi connectivity index (χ3v) is 6.66. The molecule has 9 heteroatoms. The van der Waals surface area contributed by atoms with Gasteiger partial charge in [0.1, 0.15) is 11.4 Å². The van der Waals surface area contributed by atoms with Gasteiger partial charge in [-0.1, -0.05) is 20.8 Å². The summed E-state index contributed by atoms with van der Waals surface area (Å²) in [6.07, 6.45) is 0. The van der Waals surface area contributed by atoms with Gasteiger partial charge in [0.15, 0.2) is 9.84 Å². The average molecular weight is 338 g/mol. The molecule has 1 aliphatic heterocycles. The van der Waals surface area contributed by atoms with Gasteiger partial charge in [-0.3, -0.25) is 0 Å². The summed E-state index contributed by atoms with van der Waals surface area (Å²) >= 11 is 1.48. The van der Waals surface area contributed by atoms with Crippen LogP contribution in [0.3, 0.4) is 0 Å². The standard InChI is InChI=1S/C12H22N2O5S2/c1-4-21(18,19)9-7-20-6-5-14(9)12(17)13-10(8(2)3)11(15)16/h8-10H,4-7H2,1-3H3,(H,13,17)(H,15,16)/t9?,10-/m1/s1. The van der Waals surface area contributed by atoms with Crippen molar-refractivity contribution >= 4 is 33.6 Å². The first-order valence-corrected chi connectivity index (χ1v) is 9.67. The number of carbonyl (C=O) groups is 2. The zero-order chi connectivity index (χ0) is 16.2. The molecule has 0 radical (unpaired) electrons. The lowest BCUT2D eigenvalue weighted by molar-refractivity contribution is -0.140. The van der Waals surface area contributed by atoms with Crippen LogP contribution >= 0.6 is 11.8 Å². The van der Waals surface area contributed by atoms with Crippen LogP contribution in [0.4, 0.5) is 4.79 Å². The molecule has 0 aromatic carbocycles. The molecule has 0 spiro atoms. The van der Waals surface area contributed by atoms with Crippen LogP contribution in [0.1, 0.15) is 20.8 Å². The van der Waals surface area contributed by atoms with E-state index in [9.17, 15) is 18.0 Å². The van der Waals surface area contributed by atoms with E-state index in [1.54, 1.807) is 20.8 Å². The second-order valence-electron chi connectivity index (χ2n) is 5.18. The fourth-order valence-electron chi connectivity index (χ4n) is 2.03. The molecule has 0 aromatic heterocycles. The zero-order valence-electron chi connectivity index (χ0n) is 12.4. The van der Waals surface area contributed by atoms with Gasteiger partial charge >= 0.3 is 12.0 Å². The van der Waals surface area contributed by atoms with Gasteiger partial charge in [-0.2, -0.15) is 11.8 Å². The van der Waals surface area contributed by atoms with Crippen molar-refractivity contribution in [3.05, 3.63) is 0 Å². The molecule has 1 unspecified atom stereocenters.